The maximum absolute atomic E-state index is 12.2. The first-order chi connectivity index (χ1) is 11.5. The number of carbonyl (C=O) groups excluding carboxylic acids is 1. The minimum atomic E-state index is -1.02. The van der Waals surface area contributed by atoms with Gasteiger partial charge in [-0.2, -0.15) is 0 Å². The Hall–Kier alpha value is -2.40. The third-order valence-electron chi connectivity index (χ3n) is 4.07. The molecule has 0 aliphatic heterocycles. The topological polar surface area (TPSA) is 92.4 Å². The van der Waals surface area contributed by atoms with Gasteiger partial charge >= 0.3 is 5.97 Å². The van der Waals surface area contributed by atoms with Gasteiger partial charge in [0.2, 0.25) is 5.91 Å². The number of carboxylic acids is 1. The average Bonchev–Trinajstić information content (AvgIpc) is 2.57. The largest absolute Gasteiger partial charge is 0.480 e. The highest BCUT2D eigenvalue weighted by atomic mass is 16.4. The Morgan fingerprint density at radius 2 is 1.88 bits per heavy atom. The summed E-state index contributed by atoms with van der Waals surface area (Å²) in [5.41, 5.74) is 6.92. The minimum absolute atomic E-state index is 0.372. The fraction of sp³-hybridized carbons (Fsp3) is 0.368. The molecule has 5 heteroatoms. The predicted octanol–water partition coefficient (Wildman–Crippen LogP) is 2.47. The summed E-state index contributed by atoms with van der Waals surface area (Å²) < 4.78 is 0. The van der Waals surface area contributed by atoms with E-state index >= 15 is 0 Å². The maximum atomic E-state index is 12.2. The van der Waals surface area contributed by atoms with Crippen molar-refractivity contribution in [2.45, 2.75) is 44.7 Å². The van der Waals surface area contributed by atoms with Crippen molar-refractivity contribution in [1.82, 2.24) is 5.32 Å². The van der Waals surface area contributed by atoms with Crippen LogP contribution < -0.4 is 11.1 Å². The zero-order valence-corrected chi connectivity index (χ0v) is 13.9. The lowest BCUT2D eigenvalue weighted by Crippen LogP contribution is -2.49. The highest BCUT2D eigenvalue weighted by molar-refractivity contribution is 5.87. The van der Waals surface area contributed by atoms with Gasteiger partial charge in [0.05, 0.1) is 6.04 Å². The van der Waals surface area contributed by atoms with E-state index in [9.17, 15) is 14.7 Å². The van der Waals surface area contributed by atoms with Crippen molar-refractivity contribution in [2.75, 3.05) is 0 Å². The zero-order chi connectivity index (χ0) is 17.5. The van der Waals surface area contributed by atoms with Gasteiger partial charge in [-0.1, -0.05) is 62.2 Å². The van der Waals surface area contributed by atoms with E-state index in [-0.39, 0.29) is 0 Å². The minimum Gasteiger partial charge on any atom is -0.480 e. The van der Waals surface area contributed by atoms with E-state index in [2.05, 4.69) is 5.32 Å². The second kappa shape index (κ2) is 8.45. The number of nitrogens with two attached hydrogens (primary N) is 1. The van der Waals surface area contributed by atoms with Gasteiger partial charge in [-0.3, -0.25) is 4.79 Å². The summed E-state index contributed by atoms with van der Waals surface area (Å²) in [5.74, 6) is -1.44. The molecule has 0 spiro atoms. The molecular weight excluding hydrogens is 304 g/mol. The Morgan fingerprint density at radius 1 is 1.17 bits per heavy atom. The Kier molecular flexibility index (Phi) is 6.32. The monoisotopic (exact) mass is 328 g/mol. The van der Waals surface area contributed by atoms with Crippen LogP contribution in [0.4, 0.5) is 0 Å². The number of hydrogen-bond acceptors (Lipinski definition) is 3. The van der Waals surface area contributed by atoms with Crippen molar-refractivity contribution < 1.29 is 14.7 Å². The number of carbonyl (C=O) groups is 2. The first-order valence-electron chi connectivity index (χ1n) is 8.27. The summed E-state index contributed by atoms with van der Waals surface area (Å²) >= 11 is 0. The van der Waals surface area contributed by atoms with Crippen LogP contribution in [0.1, 0.15) is 31.7 Å². The van der Waals surface area contributed by atoms with E-state index in [4.69, 9.17) is 5.73 Å². The van der Waals surface area contributed by atoms with Crippen LogP contribution in [-0.2, 0) is 16.0 Å². The van der Waals surface area contributed by atoms with E-state index in [1.807, 2.05) is 49.4 Å². The molecule has 4 N–H and O–H groups in total. The number of unbranched alkanes of at least 4 members (excludes halogenated alkanes) is 1. The molecule has 2 atom stereocenters. The van der Waals surface area contributed by atoms with E-state index in [1.54, 1.807) is 0 Å². The number of amides is 1. The molecule has 0 aromatic heterocycles. The molecule has 2 aromatic rings. The van der Waals surface area contributed by atoms with Crippen LogP contribution in [0, 0.1) is 0 Å². The lowest BCUT2D eigenvalue weighted by molar-refractivity contribution is -0.142. The van der Waals surface area contributed by atoms with E-state index in [0.717, 1.165) is 29.2 Å². The highest BCUT2D eigenvalue weighted by Gasteiger charge is 2.22. The van der Waals surface area contributed by atoms with E-state index in [1.165, 1.54) is 0 Å². The van der Waals surface area contributed by atoms with Gasteiger partial charge in [-0.05, 0) is 29.2 Å². The summed E-state index contributed by atoms with van der Waals surface area (Å²) in [6, 6.07) is 12.3. The summed E-state index contributed by atoms with van der Waals surface area (Å²) in [4.78, 5) is 23.4. The SMILES string of the molecule is CCCC[C@H](NC(=O)[C@@H](N)Cc1ccc2ccccc2c1)C(=O)O. The highest BCUT2D eigenvalue weighted by Crippen LogP contribution is 2.16. The van der Waals surface area contributed by atoms with Gasteiger partial charge in [-0.15, -0.1) is 0 Å². The maximum Gasteiger partial charge on any atom is 0.326 e. The third kappa shape index (κ3) is 4.80. The molecule has 24 heavy (non-hydrogen) atoms. The molecule has 0 saturated heterocycles. The molecule has 0 bridgehead atoms. The Bertz CT molecular complexity index is 715. The van der Waals surface area contributed by atoms with Crippen LogP contribution in [0.25, 0.3) is 10.8 Å². The number of aliphatic carboxylic acids is 1. The summed E-state index contributed by atoms with van der Waals surface area (Å²) in [5, 5.41) is 13.9. The van der Waals surface area contributed by atoms with Gasteiger partial charge in [0.15, 0.2) is 0 Å². The average molecular weight is 328 g/mol. The fourth-order valence-corrected chi connectivity index (χ4v) is 2.66. The molecular formula is C19H24N2O3. The quantitative estimate of drug-likeness (QED) is 0.694. The molecule has 128 valence electrons. The first-order valence-corrected chi connectivity index (χ1v) is 8.27. The number of carboxylic acid groups (broad SMARTS) is 1. The molecule has 2 rings (SSSR count). The standard InChI is InChI=1S/C19H24N2O3/c1-2-3-8-17(19(23)24)21-18(22)16(20)12-13-9-10-14-6-4-5-7-15(14)11-13/h4-7,9-11,16-17H,2-3,8,12,20H2,1H3,(H,21,22)(H,23,24)/t16-,17-/m0/s1. The molecule has 0 aliphatic rings. The molecule has 0 unspecified atom stereocenters. The molecule has 0 radical (unpaired) electrons. The number of fused-ring (bicyclic) bond motifs is 1. The Labute approximate surface area is 141 Å². The Balaban J connectivity index is 2.00. The summed E-state index contributed by atoms with van der Waals surface area (Å²) in [6.45, 7) is 1.98. The van der Waals surface area contributed by atoms with Crippen molar-refractivity contribution in [3.8, 4) is 0 Å². The van der Waals surface area contributed by atoms with Gasteiger partial charge in [0.25, 0.3) is 0 Å². The second-order valence-corrected chi connectivity index (χ2v) is 6.03. The van der Waals surface area contributed by atoms with Crippen LogP contribution in [0.15, 0.2) is 42.5 Å². The van der Waals surface area contributed by atoms with Crippen molar-refractivity contribution >= 4 is 22.6 Å². The summed E-state index contributed by atoms with van der Waals surface area (Å²) in [6.07, 6.45) is 2.41. The third-order valence-corrected chi connectivity index (χ3v) is 4.07. The van der Waals surface area contributed by atoms with Crippen molar-refractivity contribution in [3.63, 3.8) is 0 Å². The van der Waals surface area contributed by atoms with E-state index in [0.29, 0.717) is 12.8 Å². The van der Waals surface area contributed by atoms with Gasteiger partial charge < -0.3 is 16.2 Å². The molecule has 0 aliphatic carbocycles. The number of nitrogens with one attached hydrogen (secondary N) is 1. The van der Waals surface area contributed by atoms with Gasteiger partial charge in [0.1, 0.15) is 6.04 Å². The second-order valence-electron chi connectivity index (χ2n) is 6.03. The van der Waals surface area contributed by atoms with E-state index < -0.39 is 24.0 Å². The van der Waals surface area contributed by atoms with Crippen LogP contribution in [-0.4, -0.2) is 29.1 Å². The normalized spacial score (nSPS) is 13.4. The summed E-state index contributed by atoms with van der Waals surface area (Å²) in [7, 11) is 0. The molecule has 1 amide bonds. The molecule has 0 heterocycles. The zero-order valence-electron chi connectivity index (χ0n) is 13.9. The lowest BCUT2D eigenvalue weighted by Gasteiger charge is -2.18. The van der Waals surface area contributed by atoms with Crippen LogP contribution in [0.3, 0.4) is 0 Å². The van der Waals surface area contributed by atoms with Crippen LogP contribution >= 0.6 is 0 Å². The van der Waals surface area contributed by atoms with Crippen molar-refractivity contribution in [2.24, 2.45) is 5.73 Å². The predicted molar refractivity (Wildman–Crippen MR) is 94.7 cm³/mol. The molecule has 0 fully saturated rings. The number of hydrogen-bond donors (Lipinski definition) is 3. The molecule has 5 nitrogen and oxygen atoms in total. The first kappa shape index (κ1) is 17.9. The molecule has 2 aromatic carbocycles. The van der Waals surface area contributed by atoms with Crippen LogP contribution in [0.2, 0.25) is 0 Å². The Morgan fingerprint density at radius 3 is 2.54 bits per heavy atom. The van der Waals surface area contributed by atoms with Crippen LogP contribution in [0.5, 0.6) is 0 Å². The lowest BCUT2D eigenvalue weighted by atomic mass is 10.0. The molecule has 0 saturated carbocycles. The fourth-order valence-electron chi connectivity index (χ4n) is 2.66. The van der Waals surface area contributed by atoms with Crippen molar-refractivity contribution in [1.29, 1.82) is 0 Å². The van der Waals surface area contributed by atoms with Gasteiger partial charge in [-0.25, -0.2) is 4.79 Å². The smallest absolute Gasteiger partial charge is 0.326 e. The van der Waals surface area contributed by atoms with Crippen molar-refractivity contribution in [3.05, 3.63) is 48.0 Å². The van der Waals surface area contributed by atoms with Gasteiger partial charge in [0, 0.05) is 0 Å². The number of benzene rings is 2. The number of rotatable bonds is 8.